The second-order valence-electron chi connectivity index (χ2n) is 4.69. The van der Waals surface area contributed by atoms with Gasteiger partial charge in [-0.05, 0) is 39.2 Å². The number of hydrogen-bond donors (Lipinski definition) is 2. The maximum Gasteiger partial charge on any atom is 0.169 e. The minimum Gasteiger partial charge on any atom is -0.391 e. The van der Waals surface area contributed by atoms with Gasteiger partial charge < -0.3 is 20.2 Å². The van der Waals surface area contributed by atoms with Crippen LogP contribution in [0.3, 0.4) is 0 Å². The summed E-state index contributed by atoms with van der Waals surface area (Å²) in [6.45, 7) is 4.62. The summed E-state index contributed by atoms with van der Waals surface area (Å²) in [7, 11) is 4.09. The van der Waals surface area contributed by atoms with Gasteiger partial charge in [0.05, 0.1) is 6.10 Å². The first-order chi connectivity index (χ1) is 7.54. The highest BCUT2D eigenvalue weighted by molar-refractivity contribution is 7.80. The second-order valence-corrected chi connectivity index (χ2v) is 5.08. The monoisotopic (exact) mass is 245 g/mol. The molecule has 0 aromatic heterocycles. The van der Waals surface area contributed by atoms with Gasteiger partial charge in [-0.2, -0.15) is 0 Å². The summed E-state index contributed by atoms with van der Waals surface area (Å²) in [6.07, 6.45) is 1.63. The van der Waals surface area contributed by atoms with Gasteiger partial charge in [0.2, 0.25) is 0 Å². The fraction of sp³-hybridized carbons (Fsp3) is 0.909. The first-order valence-corrected chi connectivity index (χ1v) is 6.32. The van der Waals surface area contributed by atoms with E-state index in [9.17, 15) is 5.11 Å². The molecule has 1 heterocycles. The zero-order valence-electron chi connectivity index (χ0n) is 10.4. The highest BCUT2D eigenvalue weighted by Gasteiger charge is 2.32. The lowest BCUT2D eigenvalue weighted by atomic mass is 10.2. The molecule has 0 amide bonds. The molecule has 0 saturated carbocycles. The molecule has 1 aliphatic heterocycles. The Morgan fingerprint density at radius 2 is 2.25 bits per heavy atom. The van der Waals surface area contributed by atoms with Gasteiger partial charge in [0.25, 0.3) is 0 Å². The highest BCUT2D eigenvalue weighted by atomic mass is 32.1. The van der Waals surface area contributed by atoms with Crippen LogP contribution in [-0.4, -0.2) is 65.9 Å². The van der Waals surface area contributed by atoms with E-state index in [2.05, 4.69) is 22.0 Å². The van der Waals surface area contributed by atoms with Crippen molar-refractivity contribution in [2.24, 2.45) is 0 Å². The van der Waals surface area contributed by atoms with Crippen LogP contribution < -0.4 is 5.32 Å². The summed E-state index contributed by atoms with van der Waals surface area (Å²) in [5.41, 5.74) is 0. The largest absolute Gasteiger partial charge is 0.391 e. The van der Waals surface area contributed by atoms with Crippen molar-refractivity contribution in [1.82, 2.24) is 15.1 Å². The Bertz CT molecular complexity index is 235. The Morgan fingerprint density at radius 3 is 2.81 bits per heavy atom. The molecule has 0 bridgehead atoms. The number of aliphatic hydroxyl groups is 1. The average molecular weight is 245 g/mol. The number of rotatable bonds is 4. The molecule has 1 fully saturated rings. The summed E-state index contributed by atoms with van der Waals surface area (Å²) in [4.78, 5) is 4.26. The normalized spacial score (nSPS) is 25.2. The van der Waals surface area contributed by atoms with Gasteiger partial charge in [-0.25, -0.2) is 0 Å². The molecule has 0 aromatic carbocycles. The predicted octanol–water partition coefficient (Wildman–Crippen LogP) is 0.268. The molecule has 0 spiro atoms. The van der Waals surface area contributed by atoms with Crippen LogP contribution in [0.25, 0.3) is 0 Å². The average Bonchev–Trinajstić information content (AvgIpc) is 2.55. The van der Waals surface area contributed by atoms with Crippen molar-refractivity contribution in [3.05, 3.63) is 0 Å². The zero-order valence-corrected chi connectivity index (χ0v) is 11.3. The molecule has 2 unspecified atom stereocenters. The molecule has 0 aromatic rings. The molecule has 0 aliphatic carbocycles. The third-order valence-corrected chi connectivity index (χ3v) is 3.13. The quantitative estimate of drug-likeness (QED) is 0.696. The fourth-order valence-electron chi connectivity index (χ4n) is 2.07. The summed E-state index contributed by atoms with van der Waals surface area (Å²) < 4.78 is 0. The molecular formula is C11H23N3OS. The molecule has 0 radical (unpaired) electrons. The molecular weight excluding hydrogens is 222 g/mol. The van der Waals surface area contributed by atoms with Gasteiger partial charge >= 0.3 is 0 Å². The lowest BCUT2D eigenvalue weighted by Crippen LogP contribution is -2.46. The predicted molar refractivity (Wildman–Crippen MR) is 70.6 cm³/mol. The van der Waals surface area contributed by atoms with Crippen LogP contribution in [0, 0.1) is 0 Å². The van der Waals surface area contributed by atoms with E-state index in [1.54, 1.807) is 0 Å². The number of thiocarbonyl (C=S) groups is 1. The first kappa shape index (κ1) is 13.7. The van der Waals surface area contributed by atoms with Gasteiger partial charge in [-0.1, -0.05) is 6.92 Å². The van der Waals surface area contributed by atoms with Crippen LogP contribution in [0.15, 0.2) is 0 Å². The van der Waals surface area contributed by atoms with Gasteiger partial charge in [0.15, 0.2) is 5.11 Å². The van der Waals surface area contributed by atoms with Gasteiger partial charge in [0, 0.05) is 25.7 Å². The Hall–Kier alpha value is -0.390. The zero-order chi connectivity index (χ0) is 12.1. The third-order valence-electron chi connectivity index (χ3n) is 2.76. The van der Waals surface area contributed by atoms with Crippen LogP contribution in [0.5, 0.6) is 0 Å². The Balaban J connectivity index is 2.51. The summed E-state index contributed by atoms with van der Waals surface area (Å²) in [6, 6.07) is 0.335. The maximum atomic E-state index is 9.71. The van der Waals surface area contributed by atoms with Crippen molar-refractivity contribution in [3.8, 4) is 0 Å². The molecule has 4 nitrogen and oxygen atoms in total. The topological polar surface area (TPSA) is 38.7 Å². The van der Waals surface area contributed by atoms with Crippen molar-refractivity contribution in [3.63, 3.8) is 0 Å². The van der Waals surface area contributed by atoms with Gasteiger partial charge in [-0.3, -0.25) is 0 Å². The van der Waals surface area contributed by atoms with E-state index < -0.39 is 0 Å². The number of likely N-dealkylation sites (N-methyl/N-ethyl adjacent to an activating group) is 1. The Morgan fingerprint density at radius 1 is 1.56 bits per heavy atom. The Kier molecular flexibility index (Phi) is 5.44. The molecule has 5 heteroatoms. The van der Waals surface area contributed by atoms with Crippen molar-refractivity contribution in [2.75, 3.05) is 33.7 Å². The maximum absolute atomic E-state index is 9.71. The van der Waals surface area contributed by atoms with E-state index in [4.69, 9.17) is 12.2 Å². The van der Waals surface area contributed by atoms with Crippen LogP contribution in [-0.2, 0) is 0 Å². The molecule has 1 saturated heterocycles. The molecule has 94 valence electrons. The standard InChI is InChI=1S/C11H23N3OS/c1-4-5-12-11(16)14-8-10(15)6-9(14)7-13(2)3/h9-10,15H,4-8H2,1-3H3,(H,12,16). The number of likely N-dealkylation sites (tertiary alicyclic amines) is 1. The third kappa shape index (κ3) is 3.88. The number of nitrogens with zero attached hydrogens (tertiary/aromatic N) is 2. The van der Waals surface area contributed by atoms with E-state index in [0.717, 1.165) is 31.0 Å². The lowest BCUT2D eigenvalue weighted by molar-refractivity contribution is 0.187. The van der Waals surface area contributed by atoms with Crippen LogP contribution in [0.4, 0.5) is 0 Å². The van der Waals surface area contributed by atoms with Crippen LogP contribution in [0.2, 0.25) is 0 Å². The minimum atomic E-state index is -0.244. The minimum absolute atomic E-state index is 0.244. The highest BCUT2D eigenvalue weighted by Crippen LogP contribution is 2.18. The fourth-order valence-corrected chi connectivity index (χ4v) is 2.39. The second kappa shape index (κ2) is 6.37. The van der Waals surface area contributed by atoms with Gasteiger partial charge in [0.1, 0.15) is 0 Å². The van der Waals surface area contributed by atoms with Crippen molar-refractivity contribution >= 4 is 17.3 Å². The molecule has 1 aliphatic rings. The number of aliphatic hydroxyl groups excluding tert-OH is 1. The van der Waals surface area contributed by atoms with E-state index in [1.807, 2.05) is 14.1 Å². The Labute approximate surface area is 104 Å². The molecule has 2 atom stereocenters. The smallest absolute Gasteiger partial charge is 0.169 e. The van der Waals surface area contributed by atoms with E-state index in [1.165, 1.54) is 0 Å². The molecule has 1 rings (SSSR count). The van der Waals surface area contributed by atoms with Crippen LogP contribution >= 0.6 is 12.2 Å². The summed E-state index contributed by atoms with van der Waals surface area (Å²) >= 11 is 5.35. The van der Waals surface area contributed by atoms with Crippen molar-refractivity contribution in [2.45, 2.75) is 31.9 Å². The molecule has 2 N–H and O–H groups in total. The molecule has 16 heavy (non-hydrogen) atoms. The number of β-amino-alcohol motifs (C(OH)–C–C–N with tert-alkyl or cyclic N) is 1. The van der Waals surface area contributed by atoms with Crippen LogP contribution in [0.1, 0.15) is 19.8 Å². The first-order valence-electron chi connectivity index (χ1n) is 5.91. The number of nitrogens with one attached hydrogen (secondary N) is 1. The summed E-state index contributed by atoms with van der Waals surface area (Å²) in [5, 5.41) is 13.7. The van der Waals surface area contributed by atoms with E-state index in [0.29, 0.717) is 12.6 Å². The number of hydrogen-bond acceptors (Lipinski definition) is 3. The SMILES string of the molecule is CCCNC(=S)N1CC(O)CC1CN(C)C. The summed E-state index contributed by atoms with van der Waals surface area (Å²) in [5.74, 6) is 0. The van der Waals surface area contributed by atoms with E-state index in [-0.39, 0.29) is 6.10 Å². The van der Waals surface area contributed by atoms with E-state index >= 15 is 0 Å². The lowest BCUT2D eigenvalue weighted by Gasteiger charge is -2.29. The van der Waals surface area contributed by atoms with Crippen molar-refractivity contribution in [1.29, 1.82) is 0 Å². The van der Waals surface area contributed by atoms with Crippen molar-refractivity contribution < 1.29 is 5.11 Å². The van der Waals surface area contributed by atoms with Gasteiger partial charge in [-0.15, -0.1) is 0 Å².